The molecule has 86 heavy (non-hydrogen) atoms. The Morgan fingerprint density at radius 2 is 1.03 bits per heavy atom. The van der Waals surface area contributed by atoms with Crippen molar-refractivity contribution in [2.45, 2.75) is 126 Å². The quantitative estimate of drug-likeness (QED) is 0.103. The van der Waals surface area contributed by atoms with Crippen LogP contribution in [0, 0.1) is 0 Å². The predicted octanol–water partition coefficient (Wildman–Crippen LogP) is 14.6. The van der Waals surface area contributed by atoms with Crippen molar-refractivity contribution in [2.24, 2.45) is 0 Å². The van der Waals surface area contributed by atoms with E-state index in [0.717, 1.165) is 71.8 Å². The molecule has 0 N–H and O–H groups in total. The minimum Gasteiger partial charge on any atom is -0.400 e. The van der Waals surface area contributed by atoms with Gasteiger partial charge in [-0.05, 0) is 109 Å². The highest BCUT2D eigenvalue weighted by Crippen LogP contribution is 2.45. The van der Waals surface area contributed by atoms with E-state index < -0.39 is 49.6 Å². The highest BCUT2D eigenvalue weighted by Gasteiger charge is 2.53. The Kier molecular flexibility index (Phi) is 18.4. The van der Waals surface area contributed by atoms with Gasteiger partial charge in [-0.15, -0.1) is 22.7 Å². The summed E-state index contributed by atoms with van der Waals surface area (Å²) in [6.07, 6.45) is 5.05. The summed E-state index contributed by atoms with van der Waals surface area (Å²) in [6.45, 7) is 10.9. The number of fused-ring (bicyclic) bond motifs is 2. The Balaban J connectivity index is 0.000000160. The molecule has 5 aliphatic rings. The number of aromatic nitrogens is 6. The van der Waals surface area contributed by atoms with Crippen LogP contribution in [0.15, 0.2) is 140 Å². The Morgan fingerprint density at radius 1 is 0.605 bits per heavy atom. The van der Waals surface area contributed by atoms with Crippen molar-refractivity contribution in [3.05, 3.63) is 147 Å². The van der Waals surface area contributed by atoms with E-state index in [2.05, 4.69) is 69.6 Å². The SMILES string of the molecule is C.C.CC1(C)OB(C2=CCC3(CC2)OCCO3)OC1(C)C.O=S(=O)(c1ccccc1)n1cc(-c2nc(C(F)(F)F)cs2)c2cc(Br)cnc21.O=S(=O)(c1ccccc1)n1cc(-c2nc(C(F)(F)F)cs2)c2cc(C3=CCC4(CC3)OCCO4)cnc21. The molecule has 2 aromatic carbocycles. The Bertz CT molecular complexity index is 4050. The van der Waals surface area contributed by atoms with E-state index in [4.69, 9.17) is 28.3 Å². The van der Waals surface area contributed by atoms with Crippen molar-refractivity contribution in [3.63, 3.8) is 0 Å². The van der Waals surface area contributed by atoms with Gasteiger partial charge in [-0.2, -0.15) is 26.3 Å². The lowest BCUT2D eigenvalue weighted by atomic mass is 9.71. The molecule has 0 unspecified atom stereocenters. The number of ether oxygens (including phenoxy) is 4. The van der Waals surface area contributed by atoms with Crippen molar-refractivity contribution < 1.29 is 71.4 Å². The van der Waals surface area contributed by atoms with Crippen molar-refractivity contribution in [1.82, 2.24) is 27.9 Å². The maximum Gasteiger partial charge on any atom is 0.490 e. The fourth-order valence-corrected chi connectivity index (χ4v) is 14.8. The van der Waals surface area contributed by atoms with Gasteiger partial charge in [0.25, 0.3) is 20.0 Å². The maximum absolute atomic E-state index is 13.5. The van der Waals surface area contributed by atoms with Crippen LogP contribution < -0.4 is 0 Å². The third kappa shape index (κ3) is 12.8. The van der Waals surface area contributed by atoms with Gasteiger partial charge >= 0.3 is 19.5 Å². The third-order valence-corrected chi connectivity index (χ3v) is 20.8. The lowest BCUT2D eigenvalue weighted by Crippen LogP contribution is -2.41. The van der Waals surface area contributed by atoms with Crippen LogP contribution in [0.3, 0.4) is 0 Å². The monoisotopic (exact) mass is 1330 g/mol. The molecule has 13 rings (SSSR count). The highest BCUT2D eigenvalue weighted by atomic mass is 79.9. The first-order valence-electron chi connectivity index (χ1n) is 26.3. The molecule has 0 bridgehead atoms. The Hall–Kier alpha value is -5.66. The number of pyridine rings is 2. The molecular weight excluding hydrogens is 1270 g/mol. The topological polar surface area (TPSA) is 185 Å². The molecule has 8 aromatic rings. The van der Waals surface area contributed by atoms with Gasteiger partial charge in [-0.25, -0.2) is 44.7 Å². The number of allylic oxidation sites excluding steroid dienone is 2. The van der Waals surface area contributed by atoms with E-state index in [1.54, 1.807) is 54.7 Å². The number of halogens is 7. The van der Waals surface area contributed by atoms with Gasteiger partial charge in [0, 0.05) is 87.6 Å². The molecule has 9 heterocycles. The molecule has 3 fully saturated rings. The number of rotatable bonds is 8. The maximum atomic E-state index is 13.5. The first-order valence-corrected chi connectivity index (χ1v) is 31.8. The summed E-state index contributed by atoms with van der Waals surface area (Å²) >= 11 is 4.85. The molecule has 458 valence electrons. The van der Waals surface area contributed by atoms with Gasteiger partial charge in [0.1, 0.15) is 10.0 Å². The number of thiazole rings is 2. The molecule has 16 nitrogen and oxygen atoms in total. The second-order valence-electron chi connectivity index (χ2n) is 21.2. The fourth-order valence-electron chi connectivity index (χ4n) is 10.1. The van der Waals surface area contributed by atoms with E-state index >= 15 is 0 Å². The number of hydrogen-bond donors (Lipinski definition) is 0. The van der Waals surface area contributed by atoms with E-state index in [-0.39, 0.29) is 81.2 Å². The van der Waals surface area contributed by atoms with E-state index in [1.807, 2.05) is 6.08 Å². The lowest BCUT2D eigenvalue weighted by Gasteiger charge is -2.32. The minimum atomic E-state index is -4.61. The molecule has 0 amide bonds. The number of hydrogen-bond acceptors (Lipinski definition) is 16. The molecule has 6 aromatic heterocycles. The number of nitrogens with zero attached hydrogens (tertiary/aromatic N) is 6. The third-order valence-electron chi connectivity index (χ3n) is 15.3. The summed E-state index contributed by atoms with van der Waals surface area (Å²) in [5.74, 6) is -0.971. The highest BCUT2D eigenvalue weighted by molar-refractivity contribution is 9.10. The van der Waals surface area contributed by atoms with Crippen molar-refractivity contribution >= 4 is 93.4 Å². The van der Waals surface area contributed by atoms with Crippen molar-refractivity contribution in [3.8, 4) is 21.1 Å². The zero-order valence-corrected chi connectivity index (χ0v) is 50.1. The minimum absolute atomic E-state index is 0. The average molecular weight is 1330 g/mol. The molecular formula is C58H60BBrF6N6O10S4. The summed E-state index contributed by atoms with van der Waals surface area (Å²) in [7, 11) is -8.28. The number of alkyl halides is 6. The van der Waals surface area contributed by atoms with Gasteiger partial charge in [-0.3, -0.25) is 0 Å². The van der Waals surface area contributed by atoms with Crippen LogP contribution in [-0.4, -0.2) is 101 Å². The van der Waals surface area contributed by atoms with Crippen LogP contribution in [0.1, 0.15) is 98.0 Å². The number of benzene rings is 2. The van der Waals surface area contributed by atoms with Gasteiger partial charge in [0.15, 0.2) is 34.3 Å². The fraction of sp³-hybridized carbons (Fsp3) is 0.379. The first-order chi connectivity index (χ1) is 39.7. The average Bonchev–Trinajstić information content (AvgIpc) is 2.35. The summed E-state index contributed by atoms with van der Waals surface area (Å²) < 4.78 is 169. The molecule has 2 aliphatic carbocycles. The smallest absolute Gasteiger partial charge is 0.400 e. The van der Waals surface area contributed by atoms with E-state index in [0.29, 0.717) is 60.9 Å². The van der Waals surface area contributed by atoms with Crippen molar-refractivity contribution in [2.75, 3.05) is 26.4 Å². The van der Waals surface area contributed by atoms with Gasteiger partial charge in [0.2, 0.25) is 0 Å². The molecule has 3 aliphatic heterocycles. The summed E-state index contributed by atoms with van der Waals surface area (Å²) in [5.41, 5.74) is 1.10. The Labute approximate surface area is 510 Å². The second kappa shape index (κ2) is 24.4. The van der Waals surface area contributed by atoms with E-state index in [1.165, 1.54) is 48.3 Å². The molecule has 28 heteroatoms. The molecule has 3 saturated heterocycles. The molecule has 0 saturated carbocycles. The van der Waals surface area contributed by atoms with Gasteiger partial charge < -0.3 is 28.3 Å². The summed E-state index contributed by atoms with van der Waals surface area (Å²) in [6, 6.07) is 18.9. The van der Waals surface area contributed by atoms with Crippen LogP contribution in [0.2, 0.25) is 0 Å². The van der Waals surface area contributed by atoms with E-state index in [9.17, 15) is 43.2 Å². The molecule has 0 radical (unpaired) electrons. The largest absolute Gasteiger partial charge is 0.490 e. The van der Waals surface area contributed by atoms with Crippen LogP contribution >= 0.6 is 38.6 Å². The van der Waals surface area contributed by atoms with Gasteiger partial charge in [-0.1, -0.05) is 63.4 Å². The standard InChI is InChI=1S/C25H20F3N3O4S2.C17H9BrF3N3O2S2.C14H23BO4.2CH4/c26-25(27,28)21-15-36-23(30-21)20-14-31(37(32,33)18-4-2-1-3-5-18)22-19(20)12-17(13-29-22)16-6-8-24(9-7-16)34-10-11-35-24;18-10-6-12-13(16-23-14(9-27-16)17(19,20)21)8-24(15(12)22-7-10)28(25,26)11-4-2-1-3-5-11;1-12(2)13(3,4)19-15(18-12)11-5-7-14(8-6-11)16-9-10-17-14;;/h1-6,12-15H,7-11H2;1-9H;5H,6-10H2,1-4H3;2*1H4. The van der Waals surface area contributed by atoms with Gasteiger partial charge in [0.05, 0.1) is 47.4 Å². The van der Waals surface area contributed by atoms with Crippen molar-refractivity contribution in [1.29, 1.82) is 0 Å². The summed E-state index contributed by atoms with van der Waals surface area (Å²) in [4.78, 5) is 16.1. The normalized spacial score (nSPS) is 18.8. The van der Waals surface area contributed by atoms with Crippen LogP contribution in [0.25, 0.3) is 48.8 Å². The zero-order valence-electron chi connectivity index (χ0n) is 45.2. The zero-order chi connectivity index (χ0) is 59.7. The van der Waals surface area contributed by atoms with Crippen LogP contribution in [-0.2, 0) is 60.7 Å². The first kappa shape index (κ1) is 64.8. The Morgan fingerprint density at radius 3 is 1.44 bits per heavy atom. The predicted molar refractivity (Wildman–Crippen MR) is 320 cm³/mol. The molecule has 2 spiro atoms. The lowest BCUT2D eigenvalue weighted by molar-refractivity contribution is -0.161. The van der Waals surface area contributed by atoms with Crippen LogP contribution in [0.4, 0.5) is 26.3 Å². The second-order valence-corrected chi connectivity index (χ2v) is 27.5. The van der Waals surface area contributed by atoms with Crippen LogP contribution in [0.5, 0.6) is 0 Å². The molecule has 0 atom stereocenters. The summed E-state index contributed by atoms with van der Waals surface area (Å²) in [5, 5.41) is 2.70.